The van der Waals surface area contributed by atoms with E-state index in [-0.39, 0.29) is 0 Å². The van der Waals surface area contributed by atoms with Gasteiger partial charge in [0.2, 0.25) is 0 Å². The maximum Gasteiger partial charge on any atom is 0.188 e. The summed E-state index contributed by atoms with van der Waals surface area (Å²) in [5.41, 5.74) is 2.19. The molecule has 2 fully saturated rings. The Hall–Kier alpha value is -2.75. The molecule has 0 saturated carbocycles. The predicted molar refractivity (Wildman–Crippen MR) is 126 cm³/mol. The molecule has 2 aromatic heterocycles. The highest BCUT2D eigenvalue weighted by molar-refractivity contribution is 7.17. The molecule has 2 aliphatic rings. The number of thiazole rings is 1. The van der Waals surface area contributed by atoms with Gasteiger partial charge in [0.1, 0.15) is 17.5 Å². The SMILES string of the molecule is CNc1c(C)cccc1Cl.Cc1nc(Nc2ncc(C=O)s2)cc(N2CC3NC[C@@H]32)n1. The van der Waals surface area contributed by atoms with Crippen molar-refractivity contribution in [2.24, 2.45) is 0 Å². The molecule has 162 valence electrons. The van der Waals surface area contributed by atoms with Crippen molar-refractivity contribution in [3.63, 3.8) is 0 Å². The second-order valence-corrected chi connectivity index (χ2v) is 8.85. The fourth-order valence-corrected chi connectivity index (χ4v) is 4.55. The van der Waals surface area contributed by atoms with Gasteiger partial charge in [-0.2, -0.15) is 0 Å². The van der Waals surface area contributed by atoms with Crippen LogP contribution in [0.3, 0.4) is 0 Å². The van der Waals surface area contributed by atoms with Gasteiger partial charge in [-0.15, -0.1) is 0 Å². The van der Waals surface area contributed by atoms with Crippen LogP contribution in [0.1, 0.15) is 21.1 Å². The molecule has 3 N–H and O–H groups in total. The fourth-order valence-electron chi connectivity index (χ4n) is 3.60. The standard InChI is InChI=1S/C13H14N6OS.C8H10ClN/c1-7-16-11(18-13-15-3-8(6-20)21-13)2-12(17-7)19-5-9-10(19)4-14-9;1-6-4-3-5-7(9)8(6)10-2/h2-3,6,9-10,14H,4-5H2,1H3,(H,15,16,17,18);3-5,10H,1-2H3/t9?,10-;/m0./s1. The average Bonchev–Trinajstić information content (AvgIpc) is 3.18. The Morgan fingerprint density at radius 2 is 2.16 bits per heavy atom. The van der Waals surface area contributed by atoms with Crippen LogP contribution < -0.4 is 20.9 Å². The normalized spacial score (nSPS) is 18.6. The Morgan fingerprint density at radius 3 is 2.71 bits per heavy atom. The van der Waals surface area contributed by atoms with E-state index in [2.05, 4.69) is 35.8 Å². The van der Waals surface area contributed by atoms with E-state index in [1.165, 1.54) is 16.9 Å². The number of carbonyl (C=O) groups excluding carboxylic acids is 1. The Morgan fingerprint density at radius 1 is 1.32 bits per heavy atom. The summed E-state index contributed by atoms with van der Waals surface area (Å²) in [6.07, 6.45) is 2.35. The summed E-state index contributed by atoms with van der Waals surface area (Å²) >= 11 is 7.17. The van der Waals surface area contributed by atoms with E-state index in [1.807, 2.05) is 45.2 Å². The van der Waals surface area contributed by atoms with Crippen LogP contribution in [0.4, 0.5) is 22.5 Å². The third kappa shape index (κ3) is 4.63. The largest absolute Gasteiger partial charge is 0.387 e. The molecule has 1 aromatic carbocycles. The molecule has 0 amide bonds. The van der Waals surface area contributed by atoms with Gasteiger partial charge >= 0.3 is 0 Å². The predicted octanol–water partition coefficient (Wildman–Crippen LogP) is 3.65. The molecule has 0 bridgehead atoms. The number of aromatic nitrogens is 3. The van der Waals surface area contributed by atoms with E-state index in [4.69, 9.17) is 11.6 Å². The van der Waals surface area contributed by atoms with Crippen molar-refractivity contribution >= 4 is 51.7 Å². The lowest BCUT2D eigenvalue weighted by Gasteiger charge is -2.56. The molecule has 1 unspecified atom stereocenters. The third-order valence-corrected chi connectivity index (χ3v) is 6.47. The first-order chi connectivity index (χ1) is 15.0. The Labute approximate surface area is 190 Å². The number of carbonyl (C=O) groups is 1. The van der Waals surface area contributed by atoms with Gasteiger partial charge in [-0.1, -0.05) is 35.1 Å². The molecule has 3 aromatic rings. The summed E-state index contributed by atoms with van der Waals surface area (Å²) in [5, 5.41) is 11.0. The third-order valence-electron chi connectivity index (χ3n) is 5.31. The number of benzene rings is 1. The van der Waals surface area contributed by atoms with Crippen LogP contribution in [0.2, 0.25) is 5.02 Å². The van der Waals surface area contributed by atoms with Crippen molar-refractivity contribution in [1.82, 2.24) is 20.3 Å². The number of hydrogen-bond acceptors (Lipinski definition) is 9. The number of nitrogens with zero attached hydrogens (tertiary/aromatic N) is 4. The van der Waals surface area contributed by atoms with E-state index < -0.39 is 0 Å². The van der Waals surface area contributed by atoms with Crippen LogP contribution in [0.5, 0.6) is 0 Å². The Balaban J connectivity index is 0.000000196. The van der Waals surface area contributed by atoms with Crippen LogP contribution in [-0.2, 0) is 0 Å². The van der Waals surface area contributed by atoms with Crippen LogP contribution in [-0.4, -0.2) is 53.5 Å². The van der Waals surface area contributed by atoms with Gasteiger partial charge < -0.3 is 20.9 Å². The zero-order valence-corrected chi connectivity index (χ0v) is 19.1. The maximum atomic E-state index is 10.7. The second-order valence-electron chi connectivity index (χ2n) is 7.39. The zero-order chi connectivity index (χ0) is 22.0. The minimum Gasteiger partial charge on any atom is -0.387 e. The molecule has 31 heavy (non-hydrogen) atoms. The van der Waals surface area contributed by atoms with E-state index in [9.17, 15) is 4.79 Å². The first-order valence-electron chi connectivity index (χ1n) is 9.95. The number of para-hydroxylation sites is 1. The number of piperazine rings is 1. The quantitative estimate of drug-likeness (QED) is 0.500. The number of aryl methyl sites for hydroxylation is 2. The van der Waals surface area contributed by atoms with Gasteiger partial charge in [0.25, 0.3) is 0 Å². The van der Waals surface area contributed by atoms with E-state index in [1.54, 1.807) is 6.20 Å². The van der Waals surface area contributed by atoms with Crippen LogP contribution >= 0.6 is 22.9 Å². The summed E-state index contributed by atoms with van der Waals surface area (Å²) in [4.78, 5) is 26.6. The highest BCUT2D eigenvalue weighted by Crippen LogP contribution is 2.31. The molecule has 2 atom stereocenters. The molecule has 4 heterocycles. The number of halogens is 1. The molecule has 0 radical (unpaired) electrons. The van der Waals surface area contributed by atoms with Gasteiger partial charge in [-0.25, -0.2) is 15.0 Å². The van der Waals surface area contributed by atoms with Crippen LogP contribution in [0, 0.1) is 13.8 Å². The molecule has 2 aliphatic heterocycles. The Kier molecular flexibility index (Phi) is 6.35. The molecule has 2 saturated heterocycles. The molecule has 0 spiro atoms. The van der Waals surface area contributed by atoms with Crippen molar-refractivity contribution in [3.8, 4) is 0 Å². The van der Waals surface area contributed by atoms with Crippen molar-refractivity contribution in [2.45, 2.75) is 25.9 Å². The first-order valence-corrected chi connectivity index (χ1v) is 11.1. The molecule has 8 nitrogen and oxygen atoms in total. The fraction of sp³-hybridized carbons (Fsp3) is 0.333. The summed E-state index contributed by atoms with van der Waals surface area (Å²) in [7, 11) is 1.87. The lowest BCUT2D eigenvalue weighted by atomic mass is 9.89. The van der Waals surface area contributed by atoms with Crippen molar-refractivity contribution in [2.75, 3.05) is 35.7 Å². The number of hydrogen-bond donors (Lipinski definition) is 3. The highest BCUT2D eigenvalue weighted by Gasteiger charge is 2.46. The van der Waals surface area contributed by atoms with Crippen LogP contribution in [0.15, 0.2) is 30.5 Å². The molecular weight excluding hydrogens is 434 g/mol. The number of anilines is 4. The molecule has 0 aliphatic carbocycles. The second kappa shape index (κ2) is 9.17. The lowest BCUT2D eigenvalue weighted by Crippen LogP contribution is -2.78. The van der Waals surface area contributed by atoms with E-state index in [0.717, 1.165) is 41.7 Å². The minimum atomic E-state index is 0.564. The zero-order valence-electron chi connectivity index (χ0n) is 17.5. The number of nitrogens with one attached hydrogen (secondary N) is 3. The average molecular weight is 458 g/mol. The van der Waals surface area contributed by atoms with Gasteiger partial charge in [0.15, 0.2) is 11.4 Å². The minimum absolute atomic E-state index is 0.564. The summed E-state index contributed by atoms with van der Waals surface area (Å²) < 4.78 is 0. The van der Waals surface area contributed by atoms with Crippen molar-refractivity contribution in [1.29, 1.82) is 0 Å². The first kappa shape index (κ1) is 21.5. The highest BCUT2D eigenvalue weighted by atomic mass is 35.5. The summed E-state index contributed by atoms with van der Waals surface area (Å²) in [6.45, 7) is 5.92. The summed E-state index contributed by atoms with van der Waals surface area (Å²) in [6, 6.07) is 8.96. The van der Waals surface area contributed by atoms with Crippen LogP contribution in [0.25, 0.3) is 0 Å². The van der Waals surface area contributed by atoms with Crippen molar-refractivity contribution < 1.29 is 4.79 Å². The summed E-state index contributed by atoms with van der Waals surface area (Å²) in [5.74, 6) is 2.37. The van der Waals surface area contributed by atoms with Crippen molar-refractivity contribution in [3.05, 3.63) is 51.7 Å². The maximum absolute atomic E-state index is 10.7. The van der Waals surface area contributed by atoms with E-state index >= 15 is 0 Å². The van der Waals surface area contributed by atoms with Gasteiger partial charge in [-0.05, 0) is 25.5 Å². The van der Waals surface area contributed by atoms with E-state index in [0.29, 0.717) is 27.9 Å². The number of rotatable bonds is 5. The van der Waals surface area contributed by atoms with Gasteiger partial charge in [0.05, 0.1) is 27.8 Å². The topological polar surface area (TPSA) is 95.1 Å². The number of aldehydes is 1. The number of fused-ring (bicyclic) bond motifs is 1. The smallest absolute Gasteiger partial charge is 0.188 e. The lowest BCUT2D eigenvalue weighted by molar-refractivity contribution is 0.112. The Bertz CT molecular complexity index is 1070. The monoisotopic (exact) mass is 457 g/mol. The van der Waals surface area contributed by atoms with Gasteiger partial charge in [-0.3, -0.25) is 4.79 Å². The molecule has 10 heteroatoms. The van der Waals surface area contributed by atoms with Gasteiger partial charge in [0, 0.05) is 32.2 Å². The molecule has 5 rings (SSSR count). The molecular formula is C21H24ClN7OS.